The Labute approximate surface area is 110 Å². The number of hydrogen-bond acceptors (Lipinski definition) is 4. The van der Waals surface area contributed by atoms with Gasteiger partial charge in [-0.1, -0.05) is 30.3 Å². The molecule has 0 aliphatic rings. The van der Waals surface area contributed by atoms with Crippen molar-refractivity contribution in [1.82, 2.24) is 0 Å². The van der Waals surface area contributed by atoms with E-state index in [9.17, 15) is 15.2 Å². The molecule has 0 saturated heterocycles. The number of rotatable bonds is 4. The Morgan fingerprint density at radius 3 is 2.32 bits per heavy atom. The van der Waals surface area contributed by atoms with Crippen molar-refractivity contribution in [1.29, 1.82) is 0 Å². The number of aliphatic hydroxyl groups is 1. The second kappa shape index (κ2) is 5.49. The van der Waals surface area contributed by atoms with Crippen LogP contribution in [0, 0.1) is 10.1 Å². The maximum Gasteiger partial charge on any atom is 0.311 e. The number of nitro groups is 1. The van der Waals surface area contributed by atoms with Crippen LogP contribution in [0.3, 0.4) is 0 Å². The molecule has 1 atom stereocenters. The molecule has 1 N–H and O–H groups in total. The lowest BCUT2D eigenvalue weighted by Crippen LogP contribution is -1.98. The van der Waals surface area contributed by atoms with Gasteiger partial charge in [-0.3, -0.25) is 10.1 Å². The summed E-state index contributed by atoms with van der Waals surface area (Å²) in [5.74, 6) is 0.562. The second-order valence-corrected chi connectivity index (χ2v) is 4.04. The maximum absolute atomic E-state index is 10.9. The first-order valence-electron chi connectivity index (χ1n) is 5.78. The van der Waals surface area contributed by atoms with E-state index in [-0.39, 0.29) is 11.4 Å². The number of aliphatic hydroxyl groups excluding tert-OH is 1. The zero-order valence-corrected chi connectivity index (χ0v) is 10.3. The number of ether oxygens (including phenoxy) is 1. The minimum atomic E-state index is -0.709. The molecule has 2 aromatic carbocycles. The van der Waals surface area contributed by atoms with E-state index in [1.54, 1.807) is 43.3 Å². The molecule has 0 unspecified atom stereocenters. The van der Waals surface area contributed by atoms with E-state index >= 15 is 0 Å². The predicted octanol–water partition coefficient (Wildman–Crippen LogP) is 3.44. The van der Waals surface area contributed by atoms with Gasteiger partial charge in [0.1, 0.15) is 5.75 Å². The first kappa shape index (κ1) is 13.0. The molecule has 0 bridgehead atoms. The Balaban J connectivity index is 2.39. The maximum atomic E-state index is 10.9. The van der Waals surface area contributed by atoms with Crippen LogP contribution < -0.4 is 4.74 Å². The summed E-state index contributed by atoms with van der Waals surface area (Å²) in [6.07, 6.45) is -0.709. The molecule has 98 valence electrons. The number of nitro benzene ring substituents is 1. The van der Waals surface area contributed by atoms with E-state index in [1.165, 1.54) is 12.1 Å². The Morgan fingerprint density at radius 1 is 1.11 bits per heavy atom. The molecule has 5 heteroatoms. The van der Waals surface area contributed by atoms with Gasteiger partial charge in [0.05, 0.1) is 11.0 Å². The van der Waals surface area contributed by atoms with E-state index in [2.05, 4.69) is 0 Å². The molecular formula is C14H13NO4. The summed E-state index contributed by atoms with van der Waals surface area (Å²) >= 11 is 0. The molecule has 19 heavy (non-hydrogen) atoms. The molecule has 0 amide bonds. The molecule has 0 aromatic heterocycles. The highest BCUT2D eigenvalue weighted by Gasteiger charge is 2.16. The van der Waals surface area contributed by atoms with Gasteiger partial charge in [-0.25, -0.2) is 0 Å². The molecule has 0 spiro atoms. The fourth-order valence-electron chi connectivity index (χ4n) is 1.73. The molecule has 0 radical (unpaired) electrons. The van der Waals surface area contributed by atoms with Crippen LogP contribution in [0.4, 0.5) is 5.69 Å². The van der Waals surface area contributed by atoms with Gasteiger partial charge in [0.15, 0.2) is 0 Å². The highest BCUT2D eigenvalue weighted by Crippen LogP contribution is 2.34. The number of para-hydroxylation sites is 3. The minimum Gasteiger partial charge on any atom is -0.450 e. The smallest absolute Gasteiger partial charge is 0.311 e. The van der Waals surface area contributed by atoms with Gasteiger partial charge in [0.25, 0.3) is 0 Å². The third-order valence-corrected chi connectivity index (χ3v) is 2.65. The van der Waals surface area contributed by atoms with Gasteiger partial charge < -0.3 is 9.84 Å². The number of nitrogens with zero attached hydrogens (tertiary/aromatic N) is 1. The van der Waals surface area contributed by atoms with Crippen molar-refractivity contribution in [2.24, 2.45) is 0 Å². The summed E-state index contributed by atoms with van der Waals surface area (Å²) in [5.41, 5.74) is 0.476. The summed E-state index contributed by atoms with van der Waals surface area (Å²) in [6, 6.07) is 13.0. The van der Waals surface area contributed by atoms with Gasteiger partial charge >= 0.3 is 5.69 Å². The van der Waals surface area contributed by atoms with Crippen LogP contribution in [0.2, 0.25) is 0 Å². The van der Waals surface area contributed by atoms with Crippen molar-refractivity contribution in [3.63, 3.8) is 0 Å². The van der Waals surface area contributed by atoms with E-state index in [0.29, 0.717) is 11.3 Å². The van der Waals surface area contributed by atoms with Crippen molar-refractivity contribution in [3.05, 3.63) is 64.2 Å². The fraction of sp³-hybridized carbons (Fsp3) is 0.143. The van der Waals surface area contributed by atoms with Crippen LogP contribution in [0.1, 0.15) is 18.6 Å². The summed E-state index contributed by atoms with van der Waals surface area (Å²) in [7, 11) is 0. The van der Waals surface area contributed by atoms with Crippen molar-refractivity contribution in [2.75, 3.05) is 0 Å². The van der Waals surface area contributed by atoms with E-state index in [4.69, 9.17) is 4.74 Å². The Hall–Kier alpha value is -2.40. The second-order valence-electron chi connectivity index (χ2n) is 4.04. The van der Waals surface area contributed by atoms with Crippen LogP contribution >= 0.6 is 0 Å². The third-order valence-electron chi connectivity index (χ3n) is 2.65. The molecule has 2 aromatic rings. The fourth-order valence-corrected chi connectivity index (χ4v) is 1.73. The first-order chi connectivity index (χ1) is 9.09. The molecule has 0 heterocycles. The standard InChI is InChI=1S/C14H13NO4/c1-10(16)11-6-2-4-8-13(11)19-14-9-5-3-7-12(14)15(17)18/h2-10,16H,1H3/t10-/m0/s1. The van der Waals surface area contributed by atoms with Gasteiger partial charge in [0.2, 0.25) is 5.75 Å². The van der Waals surface area contributed by atoms with Crippen LogP contribution in [0.15, 0.2) is 48.5 Å². The summed E-state index contributed by atoms with van der Waals surface area (Å²) in [5, 5.41) is 20.6. The third kappa shape index (κ3) is 2.89. The van der Waals surface area contributed by atoms with Gasteiger partial charge in [-0.2, -0.15) is 0 Å². The Morgan fingerprint density at radius 2 is 1.68 bits per heavy atom. The molecule has 0 saturated carbocycles. The van der Waals surface area contributed by atoms with Crippen LogP contribution in [0.5, 0.6) is 11.5 Å². The lowest BCUT2D eigenvalue weighted by Gasteiger charge is -2.12. The molecule has 0 fully saturated rings. The summed E-state index contributed by atoms with van der Waals surface area (Å²) in [6.45, 7) is 1.61. The van der Waals surface area contributed by atoms with E-state index in [0.717, 1.165) is 0 Å². The van der Waals surface area contributed by atoms with Gasteiger partial charge in [-0.05, 0) is 19.1 Å². The molecule has 5 nitrogen and oxygen atoms in total. The highest BCUT2D eigenvalue weighted by molar-refractivity contribution is 5.49. The normalized spacial score (nSPS) is 11.9. The average Bonchev–Trinajstić information content (AvgIpc) is 2.39. The zero-order chi connectivity index (χ0) is 13.8. The quantitative estimate of drug-likeness (QED) is 0.674. The van der Waals surface area contributed by atoms with Crippen LogP contribution in [0.25, 0.3) is 0 Å². The first-order valence-corrected chi connectivity index (χ1v) is 5.78. The SMILES string of the molecule is C[C@H](O)c1ccccc1Oc1ccccc1[N+](=O)[O-]. The highest BCUT2D eigenvalue weighted by atomic mass is 16.6. The number of hydrogen-bond donors (Lipinski definition) is 1. The lowest BCUT2D eigenvalue weighted by atomic mass is 10.1. The number of benzene rings is 2. The molecular weight excluding hydrogens is 246 g/mol. The molecule has 2 rings (SSSR count). The largest absolute Gasteiger partial charge is 0.450 e. The minimum absolute atomic E-state index is 0.108. The van der Waals surface area contributed by atoms with E-state index < -0.39 is 11.0 Å². The topological polar surface area (TPSA) is 72.6 Å². The van der Waals surface area contributed by atoms with Gasteiger partial charge in [0, 0.05) is 11.6 Å². The summed E-state index contributed by atoms with van der Waals surface area (Å²) in [4.78, 5) is 10.4. The van der Waals surface area contributed by atoms with Gasteiger partial charge in [-0.15, -0.1) is 0 Å². The van der Waals surface area contributed by atoms with Crippen molar-refractivity contribution < 1.29 is 14.8 Å². The molecule has 0 aliphatic carbocycles. The molecule has 0 aliphatic heterocycles. The summed E-state index contributed by atoms with van der Waals surface area (Å²) < 4.78 is 5.56. The monoisotopic (exact) mass is 259 g/mol. The van der Waals surface area contributed by atoms with Crippen molar-refractivity contribution in [2.45, 2.75) is 13.0 Å². The van der Waals surface area contributed by atoms with Crippen molar-refractivity contribution >= 4 is 5.69 Å². The lowest BCUT2D eigenvalue weighted by molar-refractivity contribution is -0.385. The average molecular weight is 259 g/mol. The Bertz CT molecular complexity index is 596. The van der Waals surface area contributed by atoms with Crippen LogP contribution in [-0.4, -0.2) is 10.0 Å². The Kier molecular flexibility index (Phi) is 3.77. The van der Waals surface area contributed by atoms with Crippen LogP contribution in [-0.2, 0) is 0 Å². The van der Waals surface area contributed by atoms with Crippen molar-refractivity contribution in [3.8, 4) is 11.5 Å². The van der Waals surface area contributed by atoms with E-state index in [1.807, 2.05) is 0 Å². The zero-order valence-electron chi connectivity index (χ0n) is 10.3. The predicted molar refractivity (Wildman–Crippen MR) is 70.2 cm³/mol.